The molecule has 106 valence electrons. The monoisotopic (exact) mass is 370 g/mol. The van der Waals surface area contributed by atoms with E-state index in [4.69, 9.17) is 17.0 Å². The summed E-state index contributed by atoms with van der Waals surface area (Å²) in [6.45, 7) is 2.56. The number of nitrogens with one attached hydrogen (secondary N) is 1. The van der Waals surface area contributed by atoms with Crippen molar-refractivity contribution in [2.75, 3.05) is 7.11 Å². The van der Waals surface area contributed by atoms with Crippen LogP contribution in [0.25, 0.3) is 0 Å². The molecule has 6 heteroatoms. The molecule has 3 nitrogen and oxygen atoms in total. The van der Waals surface area contributed by atoms with Gasteiger partial charge in [0.25, 0.3) is 0 Å². The molecule has 1 aromatic heterocycles. The predicted octanol–water partition coefficient (Wildman–Crippen LogP) is 4.65. The first-order chi connectivity index (χ1) is 9.60. The Kier molecular flexibility index (Phi) is 5.77. The summed E-state index contributed by atoms with van der Waals surface area (Å²) in [6.07, 6.45) is 0. The number of ether oxygens (including phenoxy) is 1. The first-order valence-corrected chi connectivity index (χ1v) is 8.25. The number of methoxy groups -OCH3 is 1. The third-order valence-electron chi connectivity index (χ3n) is 2.67. The average Bonchev–Trinajstić information content (AvgIpc) is 2.44. The topological polar surface area (TPSA) is 37.9 Å². The van der Waals surface area contributed by atoms with E-state index in [2.05, 4.69) is 57.1 Å². The smallest absolute Gasteiger partial charge is 0.144 e. The lowest BCUT2D eigenvalue weighted by atomic mass is 10.2. The SMILES string of the molecule is COCc1[nH]c(CSc2ccc(C)cc2)nc(=S)c1Br. The minimum atomic E-state index is 0.481. The van der Waals surface area contributed by atoms with Gasteiger partial charge in [-0.1, -0.05) is 29.9 Å². The fourth-order valence-electron chi connectivity index (χ4n) is 1.66. The summed E-state index contributed by atoms with van der Waals surface area (Å²) in [7, 11) is 1.66. The number of hydrogen-bond acceptors (Lipinski definition) is 4. The van der Waals surface area contributed by atoms with Gasteiger partial charge in [0.1, 0.15) is 10.5 Å². The maximum Gasteiger partial charge on any atom is 0.144 e. The number of aryl methyl sites for hydroxylation is 1. The molecular formula is C14H15BrN2OS2. The van der Waals surface area contributed by atoms with Crippen molar-refractivity contribution in [3.63, 3.8) is 0 Å². The third kappa shape index (κ3) is 4.15. The molecule has 0 radical (unpaired) electrons. The summed E-state index contributed by atoms with van der Waals surface area (Å²) in [5.74, 6) is 1.60. The van der Waals surface area contributed by atoms with Crippen molar-refractivity contribution in [1.29, 1.82) is 0 Å². The standard InChI is InChI=1S/C14H15BrN2OS2/c1-9-3-5-10(6-4-9)20-8-12-16-11(7-18-2)13(15)14(19)17-12/h3-6H,7-8H2,1-2H3,(H,16,17,19). The van der Waals surface area contributed by atoms with Crippen molar-refractivity contribution < 1.29 is 4.74 Å². The number of thioether (sulfide) groups is 1. The molecule has 2 aromatic rings. The van der Waals surface area contributed by atoms with Crippen molar-refractivity contribution in [3.8, 4) is 0 Å². The molecule has 0 aliphatic carbocycles. The lowest BCUT2D eigenvalue weighted by Gasteiger charge is -2.08. The summed E-state index contributed by atoms with van der Waals surface area (Å²) >= 11 is 10.4. The van der Waals surface area contributed by atoms with Crippen LogP contribution in [0.2, 0.25) is 0 Å². The van der Waals surface area contributed by atoms with Gasteiger partial charge in [-0.15, -0.1) is 11.8 Å². The largest absolute Gasteiger partial charge is 0.378 e. The molecule has 1 N–H and O–H groups in total. The van der Waals surface area contributed by atoms with Gasteiger partial charge in [-0.2, -0.15) is 0 Å². The van der Waals surface area contributed by atoms with Crippen LogP contribution in [0.5, 0.6) is 0 Å². The van der Waals surface area contributed by atoms with Crippen LogP contribution in [0.4, 0.5) is 0 Å². The number of rotatable bonds is 5. The van der Waals surface area contributed by atoms with E-state index in [-0.39, 0.29) is 0 Å². The van der Waals surface area contributed by atoms with E-state index in [0.29, 0.717) is 11.2 Å². The number of aromatic amines is 1. The van der Waals surface area contributed by atoms with Crippen LogP contribution >= 0.6 is 39.9 Å². The molecule has 1 aromatic carbocycles. The molecule has 0 fully saturated rings. The van der Waals surface area contributed by atoms with E-state index >= 15 is 0 Å². The van der Waals surface area contributed by atoms with E-state index in [9.17, 15) is 0 Å². The minimum Gasteiger partial charge on any atom is -0.378 e. The van der Waals surface area contributed by atoms with Gasteiger partial charge in [-0.05, 0) is 35.0 Å². The van der Waals surface area contributed by atoms with Crippen LogP contribution in [0.1, 0.15) is 17.1 Å². The molecule has 0 saturated heterocycles. The van der Waals surface area contributed by atoms with Gasteiger partial charge >= 0.3 is 0 Å². The van der Waals surface area contributed by atoms with Crippen LogP contribution in [-0.4, -0.2) is 17.1 Å². The van der Waals surface area contributed by atoms with Gasteiger partial charge < -0.3 is 9.72 Å². The van der Waals surface area contributed by atoms with Crippen LogP contribution in [0, 0.1) is 11.6 Å². The normalized spacial score (nSPS) is 10.8. The molecule has 0 spiro atoms. The van der Waals surface area contributed by atoms with Gasteiger partial charge in [0.15, 0.2) is 0 Å². The first kappa shape index (κ1) is 15.7. The average molecular weight is 371 g/mol. The van der Waals surface area contributed by atoms with E-state index in [0.717, 1.165) is 21.7 Å². The molecule has 20 heavy (non-hydrogen) atoms. The Hall–Kier alpha value is -0.690. The Morgan fingerprint density at radius 1 is 1.35 bits per heavy atom. The van der Waals surface area contributed by atoms with E-state index in [1.54, 1.807) is 18.9 Å². The van der Waals surface area contributed by atoms with Gasteiger partial charge in [0.2, 0.25) is 0 Å². The van der Waals surface area contributed by atoms with Crippen molar-refractivity contribution in [1.82, 2.24) is 9.97 Å². The number of H-pyrrole nitrogens is 1. The summed E-state index contributed by atoms with van der Waals surface area (Å²) in [6, 6.07) is 8.44. The molecule has 0 bridgehead atoms. The van der Waals surface area contributed by atoms with Gasteiger partial charge in [-0.3, -0.25) is 0 Å². The molecule has 0 aliphatic rings. The Morgan fingerprint density at radius 2 is 2.05 bits per heavy atom. The number of hydrogen-bond donors (Lipinski definition) is 1. The zero-order valence-electron chi connectivity index (χ0n) is 11.3. The van der Waals surface area contributed by atoms with Crippen molar-refractivity contribution in [2.24, 2.45) is 0 Å². The van der Waals surface area contributed by atoms with Gasteiger partial charge in [0, 0.05) is 12.0 Å². The van der Waals surface area contributed by atoms with Crippen molar-refractivity contribution in [3.05, 3.63) is 50.5 Å². The summed E-state index contributed by atoms with van der Waals surface area (Å²) in [5, 5.41) is 0. The fraction of sp³-hybridized carbons (Fsp3) is 0.286. The first-order valence-electron chi connectivity index (χ1n) is 6.06. The van der Waals surface area contributed by atoms with E-state index in [1.165, 1.54) is 10.5 Å². The zero-order chi connectivity index (χ0) is 14.5. The Morgan fingerprint density at radius 3 is 2.70 bits per heavy atom. The fourth-order valence-corrected chi connectivity index (χ4v) is 2.96. The van der Waals surface area contributed by atoms with Gasteiger partial charge in [0.05, 0.1) is 22.5 Å². The highest BCUT2D eigenvalue weighted by Gasteiger charge is 2.06. The van der Waals surface area contributed by atoms with Crippen molar-refractivity contribution in [2.45, 2.75) is 24.2 Å². The molecule has 1 heterocycles. The zero-order valence-corrected chi connectivity index (χ0v) is 14.5. The maximum atomic E-state index is 5.25. The maximum absolute atomic E-state index is 5.25. The molecule has 2 rings (SSSR count). The van der Waals surface area contributed by atoms with Gasteiger partial charge in [-0.25, -0.2) is 4.98 Å². The van der Waals surface area contributed by atoms with E-state index in [1.807, 2.05) is 0 Å². The van der Waals surface area contributed by atoms with E-state index < -0.39 is 0 Å². The second-order valence-electron chi connectivity index (χ2n) is 4.32. The van der Waals surface area contributed by atoms with Crippen molar-refractivity contribution >= 4 is 39.9 Å². The lowest BCUT2D eigenvalue weighted by Crippen LogP contribution is -2.01. The highest BCUT2D eigenvalue weighted by atomic mass is 79.9. The number of halogens is 1. The molecular weight excluding hydrogens is 356 g/mol. The second-order valence-corrected chi connectivity index (χ2v) is 6.54. The molecule has 0 atom stereocenters. The molecule has 0 unspecified atom stereocenters. The minimum absolute atomic E-state index is 0.481. The molecule has 0 amide bonds. The Labute approximate surface area is 136 Å². The third-order valence-corrected chi connectivity index (χ3v) is 5.10. The summed E-state index contributed by atoms with van der Waals surface area (Å²) in [5.41, 5.74) is 2.19. The quantitative estimate of drug-likeness (QED) is 0.613. The van der Waals surface area contributed by atoms with Crippen LogP contribution in [-0.2, 0) is 17.1 Å². The number of aromatic nitrogens is 2. The Bertz CT molecular complexity index is 641. The molecule has 0 saturated carbocycles. The lowest BCUT2D eigenvalue weighted by molar-refractivity contribution is 0.180. The number of benzene rings is 1. The highest BCUT2D eigenvalue weighted by molar-refractivity contribution is 9.10. The number of nitrogens with zero attached hydrogens (tertiary/aromatic N) is 1. The Balaban J connectivity index is 2.13. The second kappa shape index (κ2) is 7.36. The van der Waals surface area contributed by atoms with Crippen LogP contribution in [0.15, 0.2) is 33.6 Å². The predicted molar refractivity (Wildman–Crippen MR) is 88.6 cm³/mol. The highest BCUT2D eigenvalue weighted by Crippen LogP contribution is 2.23. The van der Waals surface area contributed by atoms with Crippen LogP contribution in [0.3, 0.4) is 0 Å². The summed E-state index contributed by atoms with van der Waals surface area (Å²) in [4.78, 5) is 8.87. The summed E-state index contributed by atoms with van der Waals surface area (Å²) < 4.78 is 6.52. The van der Waals surface area contributed by atoms with Crippen LogP contribution < -0.4 is 0 Å². The molecule has 0 aliphatic heterocycles.